The minimum absolute atomic E-state index is 0.00549. The Labute approximate surface area is 430 Å². The van der Waals surface area contributed by atoms with Gasteiger partial charge in [0.05, 0.1) is 33.0 Å². The van der Waals surface area contributed by atoms with Crippen molar-refractivity contribution in [1.82, 2.24) is 9.97 Å². The van der Waals surface area contributed by atoms with E-state index in [0.29, 0.717) is 16.8 Å². The van der Waals surface area contributed by atoms with Crippen LogP contribution in [0.5, 0.6) is 5.75 Å². The number of ether oxygens (including phenoxy) is 1. The summed E-state index contributed by atoms with van der Waals surface area (Å²) in [5.74, 6) is 0.0855. The molecule has 0 fully saturated rings. The Hall–Kier alpha value is -8.31. The molecule has 8 aromatic rings. The molecule has 6 N–H and O–H groups in total. The van der Waals surface area contributed by atoms with Crippen LogP contribution in [0.25, 0.3) is 22.0 Å². The third-order valence-corrected chi connectivity index (χ3v) is 15.0. The number of azo groups is 3. The fraction of sp³-hybridized carbons (Fsp3) is 0.0652. The van der Waals surface area contributed by atoms with E-state index in [1.54, 1.807) is 13.8 Å². The van der Waals surface area contributed by atoms with Crippen LogP contribution in [0.15, 0.2) is 172 Å². The number of nitrogens with zero attached hydrogens (tertiary/aromatic N) is 9. The molecular formula is C46H35N11O13S5. The lowest BCUT2D eigenvalue weighted by Crippen LogP contribution is -2.05. The number of pyridine rings is 1. The van der Waals surface area contributed by atoms with E-state index >= 15 is 0 Å². The standard InChI is InChI=1S/C46H35N11O13S5/c1-25-20-37(39(70-3)23-36(25)52-54-38-22-34(74(64,65)66)18-19-40(38)75(67,68)69)53-56-45-42(29-9-8-27-6-4-5-7-28(27)21-29)50-46(71-45)57-55-41-26(2)35(24-47)43(48-30-10-14-32(15-11-30)72(58,59)60)51-44(41)49-31-12-16-33(17-13-31)73(61,62)63/h4-23H,1-3H3,(H2,48,49,51)(H,58,59,60)(H,61,62,63)(H,64,65,66)(H,67,68,69)/b54-52+,56-53+,57-55+. The maximum Gasteiger partial charge on any atom is 0.296 e. The van der Waals surface area contributed by atoms with E-state index in [0.717, 1.165) is 64.6 Å². The van der Waals surface area contributed by atoms with Crippen molar-refractivity contribution in [3.8, 4) is 23.1 Å². The molecule has 0 amide bonds. The first kappa shape index (κ1) is 53.0. The van der Waals surface area contributed by atoms with Crippen LogP contribution in [-0.4, -0.2) is 69.0 Å². The van der Waals surface area contributed by atoms with E-state index < -0.39 is 56.0 Å². The SMILES string of the molecule is COc1cc(/N=N/c2cc(S(=O)(=O)O)ccc2S(=O)(=O)O)c(C)cc1/N=N/c1sc(/N=N/c2c(Nc3ccc(S(=O)(=O)O)cc3)nc(Nc3ccc(S(=O)(=O)O)cc3)c(C#N)c2C)nc1-c1ccc2ccccc2c1. The molecule has 6 aromatic carbocycles. The van der Waals surface area contributed by atoms with Gasteiger partial charge in [0.15, 0.2) is 16.6 Å². The fourth-order valence-corrected chi connectivity index (χ4v) is 9.82. The molecule has 2 heterocycles. The highest BCUT2D eigenvalue weighted by Gasteiger charge is 2.23. The molecule has 0 unspecified atom stereocenters. The molecule has 0 aliphatic rings. The Morgan fingerprint density at radius 3 is 1.73 bits per heavy atom. The van der Waals surface area contributed by atoms with Crippen molar-refractivity contribution in [2.45, 2.75) is 33.4 Å². The predicted molar refractivity (Wildman–Crippen MR) is 274 cm³/mol. The van der Waals surface area contributed by atoms with Crippen LogP contribution in [-0.2, 0) is 40.5 Å². The number of aryl methyl sites for hydroxylation is 1. The van der Waals surface area contributed by atoms with Crippen molar-refractivity contribution in [1.29, 1.82) is 5.26 Å². The second kappa shape index (κ2) is 20.9. The first-order valence-electron chi connectivity index (χ1n) is 21.1. The van der Waals surface area contributed by atoms with Crippen LogP contribution in [0.3, 0.4) is 0 Å². The van der Waals surface area contributed by atoms with Gasteiger partial charge in [-0.05, 0) is 109 Å². The summed E-state index contributed by atoms with van der Waals surface area (Å²) in [6.07, 6.45) is 0. The molecule has 382 valence electrons. The molecule has 24 nitrogen and oxygen atoms in total. The monoisotopic (exact) mass is 1110 g/mol. The molecule has 8 rings (SSSR count). The van der Waals surface area contributed by atoms with E-state index in [1.165, 1.54) is 43.5 Å². The van der Waals surface area contributed by atoms with E-state index in [2.05, 4.69) is 52.4 Å². The Morgan fingerprint density at radius 1 is 0.573 bits per heavy atom. The maximum absolute atomic E-state index is 12.1. The molecule has 0 spiro atoms. The second-order valence-electron chi connectivity index (χ2n) is 15.7. The molecule has 0 bridgehead atoms. The van der Waals surface area contributed by atoms with Crippen LogP contribution in [0.1, 0.15) is 16.7 Å². The van der Waals surface area contributed by atoms with Gasteiger partial charge in [-0.3, -0.25) is 18.2 Å². The lowest BCUT2D eigenvalue weighted by Gasteiger charge is -2.16. The normalized spacial score (nSPS) is 12.5. The molecule has 0 aliphatic carbocycles. The summed E-state index contributed by atoms with van der Waals surface area (Å²) in [6.45, 7) is 3.17. The highest BCUT2D eigenvalue weighted by Crippen LogP contribution is 2.45. The van der Waals surface area contributed by atoms with Crippen molar-refractivity contribution < 1.29 is 56.6 Å². The quantitative estimate of drug-likeness (QED) is 0.0386. The van der Waals surface area contributed by atoms with Gasteiger partial charge in [0.2, 0.25) is 5.13 Å². The topological polar surface area (TPSA) is 374 Å². The summed E-state index contributed by atoms with van der Waals surface area (Å²) in [5, 5.41) is 44.4. The molecule has 0 radical (unpaired) electrons. The summed E-state index contributed by atoms with van der Waals surface area (Å²) in [4.78, 5) is 7.15. The molecule has 0 aliphatic heterocycles. The van der Waals surface area contributed by atoms with Gasteiger partial charge in [-0.25, -0.2) is 9.97 Å². The Kier molecular flexibility index (Phi) is 14.8. The van der Waals surface area contributed by atoms with E-state index in [9.17, 15) is 57.1 Å². The molecule has 0 atom stereocenters. The summed E-state index contributed by atoms with van der Waals surface area (Å²) < 4.78 is 139. The number of aromatic nitrogens is 2. The summed E-state index contributed by atoms with van der Waals surface area (Å²) >= 11 is 0.972. The first-order valence-corrected chi connectivity index (χ1v) is 27.6. The van der Waals surface area contributed by atoms with Gasteiger partial charge in [0.25, 0.3) is 40.5 Å². The van der Waals surface area contributed by atoms with Gasteiger partial charge in [-0.1, -0.05) is 47.7 Å². The van der Waals surface area contributed by atoms with Crippen LogP contribution < -0.4 is 15.4 Å². The van der Waals surface area contributed by atoms with Crippen molar-refractivity contribution in [2.75, 3.05) is 17.7 Å². The average Bonchev–Trinajstić information content (AvgIpc) is 3.77. The number of thiazole rings is 1. The Bertz CT molecular complexity index is 4210. The molecule has 2 aromatic heterocycles. The van der Waals surface area contributed by atoms with Gasteiger partial charge < -0.3 is 15.4 Å². The number of anilines is 4. The summed E-state index contributed by atoms with van der Waals surface area (Å²) in [7, 11) is -17.4. The van der Waals surface area contributed by atoms with Gasteiger partial charge in [0, 0.05) is 28.6 Å². The summed E-state index contributed by atoms with van der Waals surface area (Å²) in [5.41, 5.74) is 1.85. The van der Waals surface area contributed by atoms with Crippen LogP contribution in [0.2, 0.25) is 0 Å². The van der Waals surface area contributed by atoms with Gasteiger partial charge in [0.1, 0.15) is 39.5 Å². The molecular weight excluding hydrogens is 1070 g/mol. The first-order chi connectivity index (χ1) is 35.4. The third kappa shape index (κ3) is 12.2. The van der Waals surface area contributed by atoms with E-state index in [-0.39, 0.29) is 76.9 Å². The van der Waals surface area contributed by atoms with Crippen molar-refractivity contribution >= 4 is 118 Å². The van der Waals surface area contributed by atoms with E-state index in [1.807, 2.05) is 42.5 Å². The van der Waals surface area contributed by atoms with Crippen molar-refractivity contribution in [2.24, 2.45) is 30.7 Å². The molecule has 0 saturated heterocycles. The smallest absolute Gasteiger partial charge is 0.296 e. The van der Waals surface area contributed by atoms with Crippen LogP contribution in [0, 0.1) is 25.2 Å². The Balaban J connectivity index is 1.20. The van der Waals surface area contributed by atoms with Crippen LogP contribution in [0.4, 0.5) is 55.9 Å². The van der Waals surface area contributed by atoms with Crippen molar-refractivity contribution in [3.63, 3.8) is 0 Å². The zero-order valence-corrected chi connectivity index (χ0v) is 42.7. The molecule has 29 heteroatoms. The summed E-state index contributed by atoms with van der Waals surface area (Å²) in [6, 6.07) is 30.4. The van der Waals surface area contributed by atoms with Gasteiger partial charge >= 0.3 is 0 Å². The second-order valence-corrected chi connectivity index (χ2v) is 22.3. The van der Waals surface area contributed by atoms with Crippen LogP contribution >= 0.6 is 11.3 Å². The third-order valence-electron chi connectivity index (χ3n) is 10.7. The number of methoxy groups -OCH3 is 1. The zero-order chi connectivity index (χ0) is 54.0. The number of hydrogen-bond acceptors (Lipinski definition) is 21. The Morgan fingerprint density at radius 2 is 1.15 bits per heavy atom. The lowest BCUT2D eigenvalue weighted by molar-refractivity contribution is 0.416. The number of hydrogen-bond donors (Lipinski definition) is 6. The lowest BCUT2D eigenvalue weighted by atomic mass is 10.1. The largest absolute Gasteiger partial charge is 0.494 e. The van der Waals surface area contributed by atoms with Gasteiger partial charge in [-0.2, -0.15) is 44.0 Å². The fourth-order valence-electron chi connectivity index (χ4n) is 7.03. The predicted octanol–water partition coefficient (Wildman–Crippen LogP) is 11.6. The minimum Gasteiger partial charge on any atom is -0.494 e. The molecule has 0 saturated carbocycles. The number of benzene rings is 6. The van der Waals surface area contributed by atoms with E-state index in [4.69, 9.17) is 9.72 Å². The zero-order valence-electron chi connectivity index (χ0n) is 38.6. The highest BCUT2D eigenvalue weighted by molar-refractivity contribution is 7.86. The number of nitriles is 1. The maximum atomic E-state index is 12.1. The van der Waals surface area contributed by atoms with Crippen molar-refractivity contribution in [3.05, 3.63) is 138 Å². The average molecular weight is 1110 g/mol. The van der Waals surface area contributed by atoms with Gasteiger partial charge in [-0.15, -0.1) is 25.6 Å². The number of fused-ring (bicyclic) bond motifs is 1. The number of rotatable bonds is 16. The highest BCUT2D eigenvalue weighted by atomic mass is 32.2. The minimum atomic E-state index is -4.91. The number of nitrogens with one attached hydrogen (secondary N) is 2. The molecule has 75 heavy (non-hydrogen) atoms.